The Morgan fingerprint density at radius 1 is 1.24 bits per heavy atom. The molecule has 0 saturated heterocycles. The first-order chi connectivity index (χ1) is 7.91. The molecule has 0 spiro atoms. The van der Waals surface area contributed by atoms with Gasteiger partial charge in [0.15, 0.2) is 0 Å². The molecule has 92 valence electrons. The van der Waals surface area contributed by atoms with Crippen molar-refractivity contribution in [2.24, 2.45) is 0 Å². The van der Waals surface area contributed by atoms with Crippen molar-refractivity contribution in [3.8, 4) is 0 Å². The third-order valence-electron chi connectivity index (χ3n) is 1.84. The topological polar surface area (TPSA) is 98.3 Å². The highest BCUT2D eigenvalue weighted by Crippen LogP contribution is 2.28. The maximum absolute atomic E-state index is 11.9. The highest BCUT2D eigenvalue weighted by Gasteiger charge is 2.19. The Kier molecular flexibility index (Phi) is 3.86. The number of hydrogen-bond donors (Lipinski definition) is 1. The number of nitrogens with one attached hydrogen (secondary N) is 1. The van der Waals surface area contributed by atoms with Crippen molar-refractivity contribution < 1.29 is 18.6 Å². The van der Waals surface area contributed by atoms with Crippen LogP contribution in [-0.2, 0) is 0 Å². The van der Waals surface area contributed by atoms with Crippen LogP contribution in [-0.4, -0.2) is 22.8 Å². The molecule has 0 saturated carbocycles. The minimum atomic E-state index is -2.68. The smallest absolute Gasteiger partial charge is 0.299 e. The number of rotatable bonds is 5. The molecule has 1 N–H and O–H groups in total. The van der Waals surface area contributed by atoms with Gasteiger partial charge in [-0.15, -0.1) is 0 Å². The van der Waals surface area contributed by atoms with Gasteiger partial charge in [-0.05, 0) is 6.07 Å². The van der Waals surface area contributed by atoms with Crippen LogP contribution in [0.1, 0.15) is 0 Å². The maximum Gasteiger partial charge on any atom is 0.299 e. The van der Waals surface area contributed by atoms with Gasteiger partial charge in [0.05, 0.1) is 22.5 Å². The third-order valence-corrected chi connectivity index (χ3v) is 1.84. The van der Waals surface area contributed by atoms with Crippen molar-refractivity contribution >= 4 is 17.1 Å². The molecule has 0 aliphatic carbocycles. The summed E-state index contributed by atoms with van der Waals surface area (Å²) in [6, 6.07) is 2.74. The number of non-ortho nitro benzene ring substituents is 1. The number of nitrogens with zero attached hydrogens (tertiary/aromatic N) is 2. The highest BCUT2D eigenvalue weighted by atomic mass is 19.3. The van der Waals surface area contributed by atoms with E-state index in [1.807, 2.05) is 0 Å². The zero-order valence-corrected chi connectivity index (χ0v) is 8.30. The van der Waals surface area contributed by atoms with Gasteiger partial charge in [-0.1, -0.05) is 0 Å². The van der Waals surface area contributed by atoms with Crippen LogP contribution in [0.15, 0.2) is 18.2 Å². The Hall–Kier alpha value is -2.32. The Morgan fingerprint density at radius 3 is 2.35 bits per heavy atom. The van der Waals surface area contributed by atoms with Crippen LogP contribution in [0.25, 0.3) is 0 Å². The number of nitro benzene ring substituents is 2. The van der Waals surface area contributed by atoms with Crippen LogP contribution in [0.5, 0.6) is 0 Å². The van der Waals surface area contributed by atoms with Gasteiger partial charge in [0.25, 0.3) is 17.8 Å². The van der Waals surface area contributed by atoms with Gasteiger partial charge in [0, 0.05) is 6.07 Å². The molecule has 1 aromatic rings. The van der Waals surface area contributed by atoms with E-state index in [9.17, 15) is 29.0 Å². The van der Waals surface area contributed by atoms with Gasteiger partial charge in [-0.3, -0.25) is 20.2 Å². The molecule has 17 heavy (non-hydrogen) atoms. The largest absolute Gasteiger partial charge is 0.374 e. The number of anilines is 1. The van der Waals surface area contributed by atoms with Crippen molar-refractivity contribution in [3.63, 3.8) is 0 Å². The molecule has 9 heteroatoms. The molecule has 0 amide bonds. The van der Waals surface area contributed by atoms with E-state index >= 15 is 0 Å². The average Bonchev–Trinajstić information content (AvgIpc) is 2.25. The van der Waals surface area contributed by atoms with Gasteiger partial charge < -0.3 is 5.32 Å². The van der Waals surface area contributed by atoms with E-state index in [4.69, 9.17) is 0 Å². The summed E-state index contributed by atoms with van der Waals surface area (Å²) in [5, 5.41) is 23.1. The Bertz CT molecular complexity index is 452. The Morgan fingerprint density at radius 2 is 1.88 bits per heavy atom. The highest BCUT2D eigenvalue weighted by molar-refractivity contribution is 5.65. The number of benzene rings is 1. The van der Waals surface area contributed by atoms with Gasteiger partial charge >= 0.3 is 0 Å². The lowest BCUT2D eigenvalue weighted by Crippen LogP contribution is -2.11. The standard InChI is InChI=1S/C8H7F2N3O4/c9-8(10)4-11-6-2-1-5(12(14)15)3-7(6)13(16)17/h1-3,8,11H,4H2. The SMILES string of the molecule is O=[N+]([O-])c1ccc(NCC(F)F)c([N+](=O)[O-])c1. The monoisotopic (exact) mass is 247 g/mol. The van der Waals surface area contributed by atoms with Crippen molar-refractivity contribution in [3.05, 3.63) is 38.4 Å². The van der Waals surface area contributed by atoms with E-state index in [0.717, 1.165) is 12.1 Å². The molecule has 1 rings (SSSR count). The van der Waals surface area contributed by atoms with E-state index < -0.39 is 34.2 Å². The Balaban J connectivity index is 3.04. The average molecular weight is 247 g/mol. The molecule has 0 heterocycles. The second-order valence-electron chi connectivity index (χ2n) is 2.99. The fourth-order valence-corrected chi connectivity index (χ4v) is 1.12. The molecule has 0 bridgehead atoms. The normalized spacial score (nSPS) is 10.3. The quantitative estimate of drug-likeness (QED) is 0.635. The van der Waals surface area contributed by atoms with E-state index in [1.165, 1.54) is 0 Å². The lowest BCUT2D eigenvalue weighted by molar-refractivity contribution is -0.393. The molecular weight excluding hydrogens is 240 g/mol. The summed E-state index contributed by atoms with van der Waals surface area (Å²) in [5.74, 6) is 0. The summed E-state index contributed by atoms with van der Waals surface area (Å²) < 4.78 is 23.8. The zero-order chi connectivity index (χ0) is 13.0. The number of hydrogen-bond acceptors (Lipinski definition) is 5. The summed E-state index contributed by atoms with van der Waals surface area (Å²) >= 11 is 0. The maximum atomic E-state index is 11.9. The second kappa shape index (κ2) is 5.14. The molecule has 0 atom stereocenters. The summed E-state index contributed by atoms with van der Waals surface area (Å²) in [6.07, 6.45) is -2.68. The number of halogens is 2. The van der Waals surface area contributed by atoms with E-state index in [-0.39, 0.29) is 5.69 Å². The minimum absolute atomic E-state index is 0.180. The fraction of sp³-hybridized carbons (Fsp3) is 0.250. The predicted molar refractivity (Wildman–Crippen MR) is 54.2 cm³/mol. The Labute approximate surface area is 93.3 Å². The van der Waals surface area contributed by atoms with E-state index in [2.05, 4.69) is 5.32 Å². The molecule has 0 aromatic heterocycles. The second-order valence-corrected chi connectivity index (χ2v) is 2.99. The van der Waals surface area contributed by atoms with Gasteiger partial charge in [0.1, 0.15) is 5.69 Å². The molecule has 0 aliphatic rings. The first kappa shape index (κ1) is 12.7. The minimum Gasteiger partial charge on any atom is -0.374 e. The van der Waals surface area contributed by atoms with Crippen molar-refractivity contribution in [2.45, 2.75) is 6.43 Å². The molecule has 0 unspecified atom stereocenters. The summed E-state index contributed by atoms with van der Waals surface area (Å²) in [7, 11) is 0. The first-order valence-electron chi connectivity index (χ1n) is 4.36. The summed E-state index contributed by atoms with van der Waals surface area (Å²) in [5.41, 5.74) is -1.26. The van der Waals surface area contributed by atoms with Crippen LogP contribution < -0.4 is 5.32 Å². The van der Waals surface area contributed by atoms with Crippen LogP contribution >= 0.6 is 0 Å². The molecule has 0 fully saturated rings. The van der Waals surface area contributed by atoms with Crippen molar-refractivity contribution in [2.75, 3.05) is 11.9 Å². The lowest BCUT2D eigenvalue weighted by atomic mass is 10.2. The fourth-order valence-electron chi connectivity index (χ4n) is 1.12. The number of alkyl halides is 2. The van der Waals surface area contributed by atoms with E-state index in [1.54, 1.807) is 0 Å². The number of nitro groups is 2. The van der Waals surface area contributed by atoms with Gasteiger partial charge in [-0.25, -0.2) is 8.78 Å². The molecular formula is C8H7F2N3O4. The zero-order valence-electron chi connectivity index (χ0n) is 8.30. The van der Waals surface area contributed by atoms with Gasteiger partial charge in [0.2, 0.25) is 0 Å². The molecule has 0 aliphatic heterocycles. The van der Waals surface area contributed by atoms with Gasteiger partial charge in [-0.2, -0.15) is 0 Å². The molecule has 1 aromatic carbocycles. The van der Waals surface area contributed by atoms with Crippen LogP contribution in [0.2, 0.25) is 0 Å². The van der Waals surface area contributed by atoms with Crippen LogP contribution in [0.4, 0.5) is 25.8 Å². The van der Waals surface area contributed by atoms with Crippen LogP contribution in [0.3, 0.4) is 0 Å². The van der Waals surface area contributed by atoms with Crippen molar-refractivity contribution in [1.29, 1.82) is 0 Å². The third kappa shape index (κ3) is 3.33. The first-order valence-corrected chi connectivity index (χ1v) is 4.36. The summed E-state index contributed by atoms with van der Waals surface area (Å²) in [4.78, 5) is 19.3. The molecule has 7 nitrogen and oxygen atoms in total. The predicted octanol–water partition coefficient (Wildman–Crippen LogP) is 2.18. The lowest BCUT2D eigenvalue weighted by Gasteiger charge is -2.05. The van der Waals surface area contributed by atoms with Crippen molar-refractivity contribution in [1.82, 2.24) is 0 Å². The molecule has 0 radical (unpaired) electrons. The van der Waals surface area contributed by atoms with E-state index in [0.29, 0.717) is 6.07 Å². The summed E-state index contributed by atoms with van der Waals surface area (Å²) in [6.45, 7) is -0.765. The van der Waals surface area contributed by atoms with Crippen LogP contribution in [0, 0.1) is 20.2 Å².